The summed E-state index contributed by atoms with van der Waals surface area (Å²) in [5.74, 6) is -0.280. The van der Waals surface area contributed by atoms with E-state index >= 15 is 0 Å². The molecule has 0 aliphatic heterocycles. The van der Waals surface area contributed by atoms with E-state index in [2.05, 4.69) is 5.32 Å². The first kappa shape index (κ1) is 13.6. The SMILES string of the molecule is COc1ccc(-c2cccc(C(=O)NC3CC3)c2)cc1F. The van der Waals surface area contributed by atoms with Crippen LogP contribution in [0.2, 0.25) is 0 Å². The van der Waals surface area contributed by atoms with Crippen LogP contribution in [-0.4, -0.2) is 19.1 Å². The van der Waals surface area contributed by atoms with Crippen LogP contribution < -0.4 is 10.1 Å². The van der Waals surface area contributed by atoms with Crippen LogP contribution in [0.1, 0.15) is 23.2 Å². The first-order valence-electron chi connectivity index (χ1n) is 6.92. The van der Waals surface area contributed by atoms with E-state index in [1.165, 1.54) is 13.2 Å². The molecule has 0 radical (unpaired) electrons. The van der Waals surface area contributed by atoms with Crippen molar-refractivity contribution in [3.05, 3.63) is 53.8 Å². The van der Waals surface area contributed by atoms with Crippen molar-refractivity contribution < 1.29 is 13.9 Å². The number of halogens is 1. The van der Waals surface area contributed by atoms with E-state index in [0.29, 0.717) is 11.6 Å². The summed E-state index contributed by atoms with van der Waals surface area (Å²) < 4.78 is 18.7. The Kier molecular flexibility index (Phi) is 3.60. The maximum absolute atomic E-state index is 13.8. The zero-order valence-corrected chi connectivity index (χ0v) is 11.7. The summed E-state index contributed by atoms with van der Waals surface area (Å²) in [7, 11) is 1.43. The average molecular weight is 285 g/mol. The maximum atomic E-state index is 13.8. The van der Waals surface area contributed by atoms with Crippen LogP contribution in [0, 0.1) is 5.82 Å². The van der Waals surface area contributed by atoms with Gasteiger partial charge in [0.05, 0.1) is 7.11 Å². The standard InChI is InChI=1S/C17H16FNO2/c1-21-16-8-5-12(10-15(16)18)11-3-2-4-13(9-11)17(20)19-14-6-7-14/h2-5,8-10,14H,6-7H2,1H3,(H,19,20). The molecule has 0 bridgehead atoms. The number of hydrogen-bond donors (Lipinski definition) is 1. The Morgan fingerprint density at radius 2 is 1.95 bits per heavy atom. The molecule has 2 aromatic carbocycles. The number of hydrogen-bond acceptors (Lipinski definition) is 2. The number of carbonyl (C=O) groups is 1. The number of carbonyl (C=O) groups excluding carboxylic acids is 1. The molecule has 1 amide bonds. The Balaban J connectivity index is 1.88. The summed E-state index contributed by atoms with van der Waals surface area (Å²) in [6, 6.07) is 12.3. The molecular formula is C17H16FNO2. The lowest BCUT2D eigenvalue weighted by Gasteiger charge is -2.08. The summed E-state index contributed by atoms with van der Waals surface area (Å²) in [6.07, 6.45) is 2.10. The summed E-state index contributed by atoms with van der Waals surface area (Å²) in [5.41, 5.74) is 2.12. The van der Waals surface area contributed by atoms with Gasteiger partial charge in [-0.15, -0.1) is 0 Å². The number of methoxy groups -OCH3 is 1. The van der Waals surface area contributed by atoms with E-state index in [9.17, 15) is 9.18 Å². The highest BCUT2D eigenvalue weighted by molar-refractivity contribution is 5.95. The van der Waals surface area contributed by atoms with E-state index in [4.69, 9.17) is 4.74 Å². The largest absolute Gasteiger partial charge is 0.494 e. The number of amides is 1. The summed E-state index contributed by atoms with van der Waals surface area (Å²) in [6.45, 7) is 0. The molecule has 0 spiro atoms. The van der Waals surface area contributed by atoms with Gasteiger partial charge in [0.25, 0.3) is 5.91 Å². The predicted octanol–water partition coefficient (Wildman–Crippen LogP) is 3.39. The van der Waals surface area contributed by atoms with Crippen LogP contribution in [0.15, 0.2) is 42.5 Å². The Morgan fingerprint density at radius 1 is 1.19 bits per heavy atom. The van der Waals surface area contributed by atoms with E-state index < -0.39 is 5.82 Å². The average Bonchev–Trinajstić information content (AvgIpc) is 3.31. The van der Waals surface area contributed by atoms with Gasteiger partial charge in [-0.1, -0.05) is 18.2 Å². The van der Waals surface area contributed by atoms with Crippen molar-refractivity contribution in [2.45, 2.75) is 18.9 Å². The lowest BCUT2D eigenvalue weighted by Crippen LogP contribution is -2.25. The third kappa shape index (κ3) is 3.05. The van der Waals surface area contributed by atoms with Gasteiger partial charge < -0.3 is 10.1 Å². The molecule has 1 aliphatic rings. The molecular weight excluding hydrogens is 269 g/mol. The molecule has 0 heterocycles. The number of benzene rings is 2. The third-order valence-electron chi connectivity index (χ3n) is 3.52. The molecule has 2 aromatic rings. The van der Waals surface area contributed by atoms with E-state index in [1.807, 2.05) is 6.07 Å². The molecule has 4 heteroatoms. The van der Waals surface area contributed by atoms with Crippen LogP contribution in [0.3, 0.4) is 0 Å². The van der Waals surface area contributed by atoms with Crippen molar-refractivity contribution in [3.63, 3.8) is 0 Å². The molecule has 1 fully saturated rings. The lowest BCUT2D eigenvalue weighted by molar-refractivity contribution is 0.0951. The highest BCUT2D eigenvalue weighted by atomic mass is 19.1. The van der Waals surface area contributed by atoms with Gasteiger partial charge in [-0.2, -0.15) is 0 Å². The highest BCUT2D eigenvalue weighted by Gasteiger charge is 2.23. The van der Waals surface area contributed by atoms with Gasteiger partial charge in [-0.3, -0.25) is 4.79 Å². The van der Waals surface area contributed by atoms with Crippen molar-refractivity contribution in [3.8, 4) is 16.9 Å². The van der Waals surface area contributed by atoms with Crippen molar-refractivity contribution in [1.82, 2.24) is 5.32 Å². The zero-order valence-electron chi connectivity index (χ0n) is 11.7. The first-order chi connectivity index (χ1) is 10.2. The fourth-order valence-corrected chi connectivity index (χ4v) is 2.18. The normalized spacial score (nSPS) is 13.8. The van der Waals surface area contributed by atoms with Crippen molar-refractivity contribution in [2.24, 2.45) is 0 Å². The minimum absolute atomic E-state index is 0.0756. The van der Waals surface area contributed by atoms with Gasteiger partial charge in [0.2, 0.25) is 0 Å². The highest BCUT2D eigenvalue weighted by Crippen LogP contribution is 2.26. The Morgan fingerprint density at radius 3 is 2.62 bits per heavy atom. The number of nitrogens with one attached hydrogen (secondary N) is 1. The van der Waals surface area contributed by atoms with Crippen LogP contribution in [-0.2, 0) is 0 Å². The fourth-order valence-electron chi connectivity index (χ4n) is 2.18. The number of rotatable bonds is 4. The van der Waals surface area contributed by atoms with Crippen LogP contribution in [0.5, 0.6) is 5.75 Å². The van der Waals surface area contributed by atoms with E-state index in [-0.39, 0.29) is 11.7 Å². The van der Waals surface area contributed by atoms with E-state index in [1.54, 1.807) is 30.3 Å². The molecule has 0 atom stereocenters. The third-order valence-corrected chi connectivity index (χ3v) is 3.52. The van der Waals surface area contributed by atoms with Gasteiger partial charge in [0.1, 0.15) is 0 Å². The molecule has 1 saturated carbocycles. The second kappa shape index (κ2) is 5.56. The van der Waals surface area contributed by atoms with Gasteiger partial charge in [-0.05, 0) is 48.2 Å². The number of ether oxygens (including phenoxy) is 1. The second-order valence-electron chi connectivity index (χ2n) is 5.18. The fraction of sp³-hybridized carbons (Fsp3) is 0.235. The Labute approximate surface area is 122 Å². The topological polar surface area (TPSA) is 38.3 Å². The molecule has 0 saturated heterocycles. The maximum Gasteiger partial charge on any atom is 0.251 e. The van der Waals surface area contributed by atoms with Crippen molar-refractivity contribution in [1.29, 1.82) is 0 Å². The summed E-state index contributed by atoms with van der Waals surface area (Å²) in [4.78, 5) is 12.0. The van der Waals surface area contributed by atoms with Crippen molar-refractivity contribution in [2.75, 3.05) is 7.11 Å². The van der Waals surface area contributed by atoms with Gasteiger partial charge >= 0.3 is 0 Å². The van der Waals surface area contributed by atoms with Gasteiger partial charge in [0, 0.05) is 11.6 Å². The van der Waals surface area contributed by atoms with Crippen LogP contribution in [0.4, 0.5) is 4.39 Å². The molecule has 0 unspecified atom stereocenters. The molecule has 1 N–H and O–H groups in total. The first-order valence-corrected chi connectivity index (χ1v) is 6.92. The minimum atomic E-state index is -0.414. The molecule has 1 aliphatic carbocycles. The van der Waals surface area contributed by atoms with Crippen molar-refractivity contribution >= 4 is 5.91 Å². The predicted molar refractivity (Wildman–Crippen MR) is 78.9 cm³/mol. The lowest BCUT2D eigenvalue weighted by atomic mass is 10.0. The molecule has 3 nitrogen and oxygen atoms in total. The molecule has 3 rings (SSSR count). The van der Waals surface area contributed by atoms with E-state index in [0.717, 1.165) is 24.0 Å². The second-order valence-corrected chi connectivity index (χ2v) is 5.18. The van der Waals surface area contributed by atoms with Crippen LogP contribution >= 0.6 is 0 Å². The Hall–Kier alpha value is -2.36. The van der Waals surface area contributed by atoms with Gasteiger partial charge in [-0.25, -0.2) is 4.39 Å². The Bertz CT molecular complexity index is 680. The smallest absolute Gasteiger partial charge is 0.251 e. The minimum Gasteiger partial charge on any atom is -0.494 e. The van der Waals surface area contributed by atoms with Gasteiger partial charge in [0.15, 0.2) is 11.6 Å². The monoisotopic (exact) mass is 285 g/mol. The quantitative estimate of drug-likeness (QED) is 0.935. The molecule has 108 valence electrons. The molecule has 0 aromatic heterocycles. The summed E-state index contributed by atoms with van der Waals surface area (Å²) in [5, 5.41) is 2.95. The summed E-state index contributed by atoms with van der Waals surface area (Å²) >= 11 is 0. The van der Waals surface area contributed by atoms with Crippen LogP contribution in [0.25, 0.3) is 11.1 Å². The zero-order chi connectivity index (χ0) is 14.8. The molecule has 21 heavy (non-hydrogen) atoms.